The average Bonchev–Trinajstić information content (AvgIpc) is 3.14. The Morgan fingerprint density at radius 1 is 1.31 bits per heavy atom. The number of amides is 2. The minimum atomic E-state index is -0.134. The van der Waals surface area contributed by atoms with E-state index in [1.165, 1.54) is 0 Å². The zero-order chi connectivity index (χ0) is 18.4. The van der Waals surface area contributed by atoms with Gasteiger partial charge in [0.25, 0.3) is 0 Å². The van der Waals surface area contributed by atoms with Gasteiger partial charge in [0.2, 0.25) is 5.89 Å². The third-order valence-corrected chi connectivity index (χ3v) is 4.48. The van der Waals surface area contributed by atoms with Gasteiger partial charge in [-0.15, -0.1) is 0 Å². The zero-order valence-corrected chi connectivity index (χ0v) is 15.4. The van der Waals surface area contributed by atoms with Gasteiger partial charge in [-0.05, 0) is 24.8 Å². The molecule has 1 unspecified atom stereocenters. The average molecular weight is 358 g/mol. The van der Waals surface area contributed by atoms with Gasteiger partial charge in [-0.3, -0.25) is 0 Å². The van der Waals surface area contributed by atoms with Gasteiger partial charge in [0.05, 0.1) is 13.2 Å². The largest absolute Gasteiger partial charge is 0.376 e. The summed E-state index contributed by atoms with van der Waals surface area (Å²) in [5, 5.41) is 4.06. The molecule has 3 rings (SSSR count). The van der Waals surface area contributed by atoms with Crippen LogP contribution in [-0.2, 0) is 17.8 Å². The summed E-state index contributed by atoms with van der Waals surface area (Å²) in [6.45, 7) is 1.82. The van der Waals surface area contributed by atoms with Gasteiger partial charge in [-0.2, -0.15) is 4.98 Å². The number of rotatable bonds is 6. The quantitative estimate of drug-likeness (QED) is 0.742. The summed E-state index contributed by atoms with van der Waals surface area (Å²) >= 11 is 0. The molecule has 2 heterocycles. The van der Waals surface area contributed by atoms with Gasteiger partial charge in [-0.1, -0.05) is 35.5 Å². The highest BCUT2D eigenvalue weighted by atomic mass is 16.5. The topological polar surface area (TPSA) is 71.7 Å². The predicted molar refractivity (Wildman–Crippen MR) is 96.5 cm³/mol. The Hall–Kier alpha value is -2.41. The minimum Gasteiger partial charge on any atom is -0.376 e. The zero-order valence-electron chi connectivity index (χ0n) is 15.4. The third kappa shape index (κ3) is 4.60. The maximum absolute atomic E-state index is 12.4. The van der Waals surface area contributed by atoms with Crippen LogP contribution in [-0.4, -0.2) is 53.2 Å². The molecule has 1 aromatic carbocycles. The van der Waals surface area contributed by atoms with Gasteiger partial charge >= 0.3 is 6.03 Å². The SMILES string of the molecule is CN(C)C(=O)N1CCCCC1c1nc(CCOCc2ccccc2)no1. The molecular weight excluding hydrogens is 332 g/mol. The number of urea groups is 1. The molecule has 0 spiro atoms. The van der Waals surface area contributed by atoms with Crippen molar-refractivity contribution < 1.29 is 14.1 Å². The Labute approximate surface area is 153 Å². The molecule has 0 saturated carbocycles. The number of hydrogen-bond donors (Lipinski definition) is 0. The number of benzene rings is 1. The standard InChI is InChI=1S/C19H26N4O3/c1-22(2)19(24)23-12-7-6-10-16(23)18-20-17(21-26-18)11-13-25-14-15-8-4-3-5-9-15/h3-5,8-9,16H,6-7,10-14H2,1-2H3. The number of hydrogen-bond acceptors (Lipinski definition) is 5. The van der Waals surface area contributed by atoms with Crippen LogP contribution < -0.4 is 0 Å². The van der Waals surface area contributed by atoms with E-state index in [0.717, 1.165) is 31.4 Å². The fourth-order valence-corrected chi connectivity index (χ4v) is 3.11. The van der Waals surface area contributed by atoms with Crippen molar-refractivity contribution in [2.45, 2.75) is 38.3 Å². The second kappa shape index (κ2) is 8.80. The van der Waals surface area contributed by atoms with Gasteiger partial charge < -0.3 is 19.1 Å². The predicted octanol–water partition coefficient (Wildman–Crippen LogP) is 3.04. The first-order chi connectivity index (χ1) is 12.6. The molecule has 0 radical (unpaired) electrons. The Kier molecular flexibility index (Phi) is 6.22. The fraction of sp³-hybridized carbons (Fsp3) is 0.526. The molecule has 0 N–H and O–H groups in total. The lowest BCUT2D eigenvalue weighted by atomic mass is 10.0. The highest BCUT2D eigenvalue weighted by Gasteiger charge is 2.32. The lowest BCUT2D eigenvalue weighted by Gasteiger charge is -2.35. The molecule has 1 aliphatic rings. The second-order valence-electron chi connectivity index (χ2n) is 6.72. The first kappa shape index (κ1) is 18.4. The minimum absolute atomic E-state index is 0.0133. The van der Waals surface area contributed by atoms with Crippen LogP contribution in [0.5, 0.6) is 0 Å². The lowest BCUT2D eigenvalue weighted by Crippen LogP contribution is -2.44. The molecule has 1 atom stereocenters. The van der Waals surface area contributed by atoms with Crippen LogP contribution in [0.3, 0.4) is 0 Å². The van der Waals surface area contributed by atoms with Gasteiger partial charge in [0.1, 0.15) is 6.04 Å². The van der Waals surface area contributed by atoms with E-state index in [-0.39, 0.29) is 12.1 Å². The fourth-order valence-electron chi connectivity index (χ4n) is 3.11. The van der Waals surface area contributed by atoms with Crippen molar-refractivity contribution in [1.29, 1.82) is 0 Å². The summed E-state index contributed by atoms with van der Waals surface area (Å²) in [4.78, 5) is 20.3. The Morgan fingerprint density at radius 2 is 2.12 bits per heavy atom. The molecule has 1 aliphatic heterocycles. The van der Waals surface area contributed by atoms with E-state index in [1.807, 2.05) is 35.2 Å². The summed E-state index contributed by atoms with van der Waals surface area (Å²) in [5.41, 5.74) is 1.14. The van der Waals surface area contributed by atoms with Crippen LogP contribution in [0.2, 0.25) is 0 Å². The van der Waals surface area contributed by atoms with Gasteiger partial charge in [-0.25, -0.2) is 4.79 Å². The summed E-state index contributed by atoms with van der Waals surface area (Å²) < 4.78 is 11.1. The summed E-state index contributed by atoms with van der Waals surface area (Å²) in [7, 11) is 3.52. The molecular formula is C19H26N4O3. The van der Waals surface area contributed by atoms with E-state index in [2.05, 4.69) is 10.1 Å². The van der Waals surface area contributed by atoms with Gasteiger partial charge in [0.15, 0.2) is 5.82 Å². The van der Waals surface area contributed by atoms with Crippen molar-refractivity contribution in [3.8, 4) is 0 Å². The van der Waals surface area contributed by atoms with Crippen molar-refractivity contribution in [2.75, 3.05) is 27.2 Å². The molecule has 1 aromatic heterocycles. The van der Waals surface area contributed by atoms with E-state index in [0.29, 0.717) is 31.3 Å². The van der Waals surface area contributed by atoms with Crippen molar-refractivity contribution in [1.82, 2.24) is 19.9 Å². The molecule has 0 bridgehead atoms. The Morgan fingerprint density at radius 3 is 2.88 bits per heavy atom. The number of aromatic nitrogens is 2. The number of carbonyl (C=O) groups excluding carboxylic acids is 1. The highest BCUT2D eigenvalue weighted by Crippen LogP contribution is 2.30. The van der Waals surface area contributed by atoms with Crippen LogP contribution in [0, 0.1) is 0 Å². The number of likely N-dealkylation sites (tertiary alicyclic amines) is 1. The number of carbonyl (C=O) groups is 1. The van der Waals surface area contributed by atoms with Crippen molar-refractivity contribution >= 4 is 6.03 Å². The smallest absolute Gasteiger partial charge is 0.320 e. The highest BCUT2D eigenvalue weighted by molar-refractivity contribution is 5.74. The first-order valence-corrected chi connectivity index (χ1v) is 9.07. The summed E-state index contributed by atoms with van der Waals surface area (Å²) in [6, 6.07) is 9.90. The Bertz CT molecular complexity index is 702. The summed E-state index contributed by atoms with van der Waals surface area (Å²) in [5.74, 6) is 1.15. The van der Waals surface area contributed by atoms with Crippen molar-refractivity contribution in [3.63, 3.8) is 0 Å². The number of nitrogens with zero attached hydrogens (tertiary/aromatic N) is 4. The van der Waals surface area contributed by atoms with Crippen molar-refractivity contribution in [2.24, 2.45) is 0 Å². The number of piperidine rings is 1. The number of ether oxygens (including phenoxy) is 1. The molecule has 2 aromatic rings. The van der Waals surface area contributed by atoms with Crippen molar-refractivity contribution in [3.05, 3.63) is 47.6 Å². The molecule has 2 amide bonds. The molecule has 7 heteroatoms. The molecule has 26 heavy (non-hydrogen) atoms. The van der Waals surface area contributed by atoms with Crippen LogP contribution in [0.25, 0.3) is 0 Å². The third-order valence-electron chi connectivity index (χ3n) is 4.48. The Balaban J connectivity index is 1.53. The van der Waals surface area contributed by atoms with E-state index in [9.17, 15) is 4.79 Å². The van der Waals surface area contributed by atoms with E-state index < -0.39 is 0 Å². The van der Waals surface area contributed by atoms with E-state index in [1.54, 1.807) is 19.0 Å². The van der Waals surface area contributed by atoms with Crippen LogP contribution in [0.1, 0.15) is 42.6 Å². The van der Waals surface area contributed by atoms with Crippen LogP contribution in [0.15, 0.2) is 34.9 Å². The molecule has 140 valence electrons. The van der Waals surface area contributed by atoms with Gasteiger partial charge in [0, 0.05) is 27.1 Å². The first-order valence-electron chi connectivity index (χ1n) is 9.07. The van der Waals surface area contributed by atoms with Crippen LogP contribution >= 0.6 is 0 Å². The normalized spacial score (nSPS) is 17.3. The maximum Gasteiger partial charge on any atom is 0.320 e. The second-order valence-corrected chi connectivity index (χ2v) is 6.72. The van der Waals surface area contributed by atoms with E-state index in [4.69, 9.17) is 9.26 Å². The molecule has 1 saturated heterocycles. The molecule has 7 nitrogen and oxygen atoms in total. The molecule has 1 fully saturated rings. The monoisotopic (exact) mass is 358 g/mol. The lowest BCUT2D eigenvalue weighted by molar-refractivity contribution is 0.113. The maximum atomic E-state index is 12.4. The van der Waals surface area contributed by atoms with Crippen LogP contribution in [0.4, 0.5) is 4.79 Å². The molecule has 0 aliphatic carbocycles. The summed E-state index contributed by atoms with van der Waals surface area (Å²) in [6.07, 6.45) is 3.50. The van der Waals surface area contributed by atoms with E-state index >= 15 is 0 Å².